The number of ether oxygens (including phenoxy) is 2. The van der Waals surface area contributed by atoms with Crippen molar-refractivity contribution in [2.75, 3.05) is 38.3 Å². The highest BCUT2D eigenvalue weighted by Gasteiger charge is 2.31. The van der Waals surface area contributed by atoms with Crippen LogP contribution in [0.15, 0.2) is 18.3 Å². The molecule has 2 rings (SSSR count). The van der Waals surface area contributed by atoms with Gasteiger partial charge >= 0.3 is 6.18 Å². The lowest BCUT2D eigenvalue weighted by Crippen LogP contribution is -2.38. The average molecular weight is 304 g/mol. The normalized spacial score (nSPS) is 17.2. The first-order valence-corrected chi connectivity index (χ1v) is 6.89. The molecule has 0 saturated carbocycles. The molecule has 0 aromatic carbocycles. The number of rotatable bonds is 5. The van der Waals surface area contributed by atoms with E-state index in [0.29, 0.717) is 32.1 Å². The fourth-order valence-corrected chi connectivity index (χ4v) is 2.32. The summed E-state index contributed by atoms with van der Waals surface area (Å²) in [6.07, 6.45) is -1.43. The standard InChI is InChI=1S/C14H19F3N2O2/c1-20-8-9-21-12-3-6-19(7-4-12)13-10-11(2-5-18-13)14(15,16)17/h2,5,10,12H,3-4,6-9H2,1H3. The second-order valence-corrected chi connectivity index (χ2v) is 4.95. The summed E-state index contributed by atoms with van der Waals surface area (Å²) in [5.41, 5.74) is -0.661. The Kier molecular flexibility index (Phi) is 5.41. The van der Waals surface area contributed by atoms with Gasteiger partial charge in [0.2, 0.25) is 0 Å². The first kappa shape index (κ1) is 16.0. The molecule has 1 saturated heterocycles. The van der Waals surface area contributed by atoms with E-state index in [9.17, 15) is 13.2 Å². The van der Waals surface area contributed by atoms with Gasteiger partial charge in [0.05, 0.1) is 24.9 Å². The molecule has 0 amide bonds. The van der Waals surface area contributed by atoms with Crippen molar-refractivity contribution in [1.29, 1.82) is 0 Å². The molecule has 1 aliphatic rings. The van der Waals surface area contributed by atoms with E-state index in [2.05, 4.69) is 4.98 Å². The van der Waals surface area contributed by atoms with Crippen LogP contribution in [0, 0.1) is 0 Å². The molecule has 0 bridgehead atoms. The molecule has 0 aliphatic carbocycles. The van der Waals surface area contributed by atoms with E-state index in [1.54, 1.807) is 7.11 Å². The Bertz CT molecular complexity index is 446. The van der Waals surface area contributed by atoms with E-state index in [1.165, 1.54) is 6.20 Å². The van der Waals surface area contributed by atoms with Gasteiger partial charge in [-0.3, -0.25) is 0 Å². The minimum absolute atomic E-state index is 0.141. The zero-order valence-corrected chi connectivity index (χ0v) is 11.9. The minimum Gasteiger partial charge on any atom is -0.382 e. The number of hydrogen-bond donors (Lipinski definition) is 0. The third kappa shape index (κ3) is 4.57. The molecule has 0 atom stereocenters. The molecular weight excluding hydrogens is 285 g/mol. The molecule has 1 aliphatic heterocycles. The van der Waals surface area contributed by atoms with Crippen molar-refractivity contribution in [2.45, 2.75) is 25.1 Å². The zero-order chi connectivity index (χ0) is 15.3. The van der Waals surface area contributed by atoms with Crippen LogP contribution in [-0.4, -0.2) is 44.5 Å². The van der Waals surface area contributed by atoms with E-state index < -0.39 is 11.7 Å². The quantitative estimate of drug-likeness (QED) is 0.784. The Balaban J connectivity index is 1.90. The van der Waals surface area contributed by atoms with Gasteiger partial charge in [-0.25, -0.2) is 4.98 Å². The predicted octanol–water partition coefficient (Wildman–Crippen LogP) is 2.73. The van der Waals surface area contributed by atoms with Gasteiger partial charge in [-0.1, -0.05) is 0 Å². The maximum Gasteiger partial charge on any atom is 0.416 e. The third-order valence-electron chi connectivity index (χ3n) is 3.48. The molecule has 0 radical (unpaired) electrons. The highest BCUT2D eigenvalue weighted by molar-refractivity contribution is 5.42. The monoisotopic (exact) mass is 304 g/mol. The van der Waals surface area contributed by atoms with E-state index in [1.807, 2.05) is 4.90 Å². The summed E-state index contributed by atoms with van der Waals surface area (Å²) in [7, 11) is 1.62. The zero-order valence-electron chi connectivity index (χ0n) is 11.9. The number of piperidine rings is 1. The van der Waals surface area contributed by atoms with Crippen LogP contribution in [0.3, 0.4) is 0 Å². The van der Waals surface area contributed by atoms with Crippen LogP contribution in [0.1, 0.15) is 18.4 Å². The molecule has 1 fully saturated rings. The molecule has 0 N–H and O–H groups in total. The second kappa shape index (κ2) is 7.09. The van der Waals surface area contributed by atoms with Crippen molar-refractivity contribution in [3.8, 4) is 0 Å². The van der Waals surface area contributed by atoms with Gasteiger partial charge in [0.15, 0.2) is 0 Å². The maximum atomic E-state index is 12.7. The van der Waals surface area contributed by atoms with Gasteiger partial charge in [0.25, 0.3) is 0 Å². The lowest BCUT2D eigenvalue weighted by molar-refractivity contribution is -0.137. The first-order chi connectivity index (χ1) is 10.0. The van der Waals surface area contributed by atoms with Crippen molar-refractivity contribution in [3.63, 3.8) is 0 Å². The van der Waals surface area contributed by atoms with Gasteiger partial charge < -0.3 is 14.4 Å². The lowest BCUT2D eigenvalue weighted by atomic mass is 10.1. The van der Waals surface area contributed by atoms with Gasteiger partial charge in [0.1, 0.15) is 5.82 Å². The van der Waals surface area contributed by atoms with Gasteiger partial charge in [-0.2, -0.15) is 13.2 Å². The molecule has 1 aromatic heterocycles. The van der Waals surface area contributed by atoms with Crippen molar-refractivity contribution < 1.29 is 22.6 Å². The molecule has 7 heteroatoms. The summed E-state index contributed by atoms with van der Waals surface area (Å²) < 4.78 is 48.6. The molecule has 0 unspecified atom stereocenters. The number of anilines is 1. The Labute approximate surface area is 121 Å². The van der Waals surface area contributed by atoms with Gasteiger partial charge in [-0.05, 0) is 25.0 Å². The highest BCUT2D eigenvalue weighted by atomic mass is 19.4. The second-order valence-electron chi connectivity index (χ2n) is 4.95. The summed E-state index contributed by atoms with van der Waals surface area (Å²) in [6.45, 7) is 2.39. The molecule has 4 nitrogen and oxygen atoms in total. The summed E-state index contributed by atoms with van der Waals surface area (Å²) in [6, 6.07) is 2.09. The number of methoxy groups -OCH3 is 1. The van der Waals surface area contributed by atoms with Crippen molar-refractivity contribution in [1.82, 2.24) is 4.98 Å². The fourth-order valence-electron chi connectivity index (χ4n) is 2.32. The van der Waals surface area contributed by atoms with Gasteiger partial charge in [0, 0.05) is 26.4 Å². The Morgan fingerprint density at radius 2 is 2.00 bits per heavy atom. The number of pyridine rings is 1. The van der Waals surface area contributed by atoms with Crippen LogP contribution >= 0.6 is 0 Å². The van der Waals surface area contributed by atoms with Crippen LogP contribution in [0.2, 0.25) is 0 Å². The maximum absolute atomic E-state index is 12.7. The van der Waals surface area contributed by atoms with Crippen LogP contribution in [0.5, 0.6) is 0 Å². The van der Waals surface area contributed by atoms with Crippen LogP contribution in [-0.2, 0) is 15.7 Å². The lowest BCUT2D eigenvalue weighted by Gasteiger charge is -2.32. The van der Waals surface area contributed by atoms with E-state index in [0.717, 1.165) is 25.0 Å². The number of halogens is 3. The predicted molar refractivity (Wildman–Crippen MR) is 72.3 cm³/mol. The van der Waals surface area contributed by atoms with Crippen molar-refractivity contribution in [3.05, 3.63) is 23.9 Å². The summed E-state index contributed by atoms with van der Waals surface area (Å²) in [5, 5.41) is 0. The third-order valence-corrected chi connectivity index (χ3v) is 3.48. The van der Waals surface area contributed by atoms with Crippen LogP contribution in [0.25, 0.3) is 0 Å². The summed E-state index contributed by atoms with van der Waals surface area (Å²) in [4.78, 5) is 5.91. The number of nitrogens with zero attached hydrogens (tertiary/aromatic N) is 2. The summed E-state index contributed by atoms with van der Waals surface area (Å²) >= 11 is 0. The minimum atomic E-state index is -4.33. The SMILES string of the molecule is COCCOC1CCN(c2cc(C(F)(F)F)ccn2)CC1. The Morgan fingerprint density at radius 1 is 1.29 bits per heavy atom. The molecule has 2 heterocycles. The number of aromatic nitrogens is 1. The molecular formula is C14H19F3N2O2. The Hall–Kier alpha value is -1.34. The molecule has 0 spiro atoms. The average Bonchev–Trinajstić information content (AvgIpc) is 2.47. The van der Waals surface area contributed by atoms with Gasteiger partial charge in [-0.15, -0.1) is 0 Å². The highest BCUT2D eigenvalue weighted by Crippen LogP contribution is 2.31. The van der Waals surface area contributed by atoms with Crippen LogP contribution in [0.4, 0.5) is 19.0 Å². The topological polar surface area (TPSA) is 34.6 Å². The van der Waals surface area contributed by atoms with E-state index in [4.69, 9.17) is 9.47 Å². The van der Waals surface area contributed by atoms with Crippen molar-refractivity contribution in [2.24, 2.45) is 0 Å². The fraction of sp³-hybridized carbons (Fsp3) is 0.643. The number of hydrogen-bond acceptors (Lipinski definition) is 4. The molecule has 118 valence electrons. The first-order valence-electron chi connectivity index (χ1n) is 6.89. The van der Waals surface area contributed by atoms with E-state index >= 15 is 0 Å². The molecule has 21 heavy (non-hydrogen) atoms. The molecule has 1 aromatic rings. The van der Waals surface area contributed by atoms with Crippen LogP contribution < -0.4 is 4.90 Å². The smallest absolute Gasteiger partial charge is 0.382 e. The largest absolute Gasteiger partial charge is 0.416 e. The van der Waals surface area contributed by atoms with E-state index in [-0.39, 0.29) is 6.10 Å². The summed E-state index contributed by atoms with van der Waals surface area (Å²) in [5.74, 6) is 0.375. The van der Waals surface area contributed by atoms with Crippen molar-refractivity contribution >= 4 is 5.82 Å². The Morgan fingerprint density at radius 3 is 2.62 bits per heavy atom. The number of alkyl halides is 3.